The lowest BCUT2D eigenvalue weighted by Gasteiger charge is -1.86. The molecule has 17 heavy (non-hydrogen) atoms. The van der Waals surface area contributed by atoms with Gasteiger partial charge in [0.15, 0.2) is 0 Å². The van der Waals surface area contributed by atoms with Crippen molar-refractivity contribution in [1.82, 2.24) is 30.1 Å². The molecular weight excluding hydrogens is 240 g/mol. The summed E-state index contributed by atoms with van der Waals surface area (Å²) in [6.45, 7) is 0. The highest BCUT2D eigenvalue weighted by atomic mass is 16.6. The molecule has 2 N–H and O–H groups in total. The number of aromatic nitrogens is 6. The fourth-order valence-electron chi connectivity index (χ4n) is 0.940. The summed E-state index contributed by atoms with van der Waals surface area (Å²) in [7, 11) is 0. The second kappa shape index (κ2) is 3.47. The van der Waals surface area contributed by atoms with Gasteiger partial charge in [-0.1, -0.05) is 5.10 Å². The second-order valence-corrected chi connectivity index (χ2v) is 2.62. The molecule has 0 amide bonds. The summed E-state index contributed by atoms with van der Waals surface area (Å²) in [6, 6.07) is 0. The highest BCUT2D eigenvalue weighted by molar-refractivity contribution is 5.44. The van der Waals surface area contributed by atoms with E-state index in [-0.39, 0.29) is 10.7 Å². The molecule has 2 heterocycles. The van der Waals surface area contributed by atoms with Crippen LogP contribution in [0, 0.1) is 20.2 Å². The van der Waals surface area contributed by atoms with Gasteiger partial charge in [0, 0.05) is 0 Å². The number of nitrogens with one attached hydrogen (secondary N) is 1. The molecular formula is C4H2N8O5. The van der Waals surface area contributed by atoms with Crippen LogP contribution in [0.4, 0.5) is 11.9 Å². The Morgan fingerprint density at radius 3 is 2.35 bits per heavy atom. The van der Waals surface area contributed by atoms with E-state index >= 15 is 0 Å². The molecule has 13 heteroatoms. The van der Waals surface area contributed by atoms with E-state index in [1.807, 2.05) is 5.10 Å². The van der Waals surface area contributed by atoms with Crippen molar-refractivity contribution in [2.45, 2.75) is 0 Å². The third-order valence-electron chi connectivity index (χ3n) is 1.58. The number of nitrogens with zero attached hydrogens (tertiary/aromatic N) is 7. The fraction of sp³-hybridized carbons (Fsp3) is 0. The van der Waals surface area contributed by atoms with Crippen molar-refractivity contribution in [3.05, 3.63) is 20.2 Å². The minimum Gasteiger partial charge on any atom is -0.390 e. The van der Waals surface area contributed by atoms with Crippen molar-refractivity contribution in [2.75, 3.05) is 0 Å². The maximum atomic E-state index is 10.3. The first-order chi connectivity index (χ1) is 7.99. The van der Waals surface area contributed by atoms with Gasteiger partial charge in [-0.25, -0.2) is 0 Å². The smallest absolute Gasteiger partial charge is 0.390 e. The van der Waals surface area contributed by atoms with Gasteiger partial charge < -0.3 is 25.4 Å². The Balaban J connectivity index is 2.42. The standard InChI is InChI=1S/C4H2N8O5/c13-10-4(12(16)17)6-2(9-10)1-5-3(8-7-1)11(14)15/h13H,(H,5,7,8). The molecule has 0 radical (unpaired) electrons. The molecule has 88 valence electrons. The summed E-state index contributed by atoms with van der Waals surface area (Å²) >= 11 is 0. The molecule has 0 spiro atoms. The normalized spacial score (nSPS) is 10.4. The van der Waals surface area contributed by atoms with Gasteiger partial charge in [-0.05, 0) is 24.9 Å². The van der Waals surface area contributed by atoms with Crippen LogP contribution in [0.25, 0.3) is 11.6 Å². The summed E-state index contributed by atoms with van der Waals surface area (Å²) in [5.74, 6) is -2.37. The second-order valence-electron chi connectivity index (χ2n) is 2.62. The molecule has 2 aromatic rings. The van der Waals surface area contributed by atoms with Crippen molar-refractivity contribution < 1.29 is 15.1 Å². The highest BCUT2D eigenvalue weighted by Gasteiger charge is 2.28. The summed E-state index contributed by atoms with van der Waals surface area (Å²) in [6.07, 6.45) is 0. The van der Waals surface area contributed by atoms with Crippen molar-refractivity contribution in [3.8, 4) is 11.6 Å². The molecule has 0 saturated heterocycles. The van der Waals surface area contributed by atoms with Gasteiger partial charge in [0.25, 0.3) is 0 Å². The van der Waals surface area contributed by atoms with E-state index in [0.717, 1.165) is 0 Å². The molecule has 2 rings (SSSR count). The fourth-order valence-corrected chi connectivity index (χ4v) is 0.940. The molecule has 0 atom stereocenters. The number of rotatable bonds is 3. The lowest BCUT2D eigenvalue weighted by atomic mass is 10.6. The van der Waals surface area contributed by atoms with Crippen LogP contribution in [0.2, 0.25) is 0 Å². The van der Waals surface area contributed by atoms with Crippen LogP contribution >= 0.6 is 0 Å². The average molecular weight is 242 g/mol. The molecule has 0 aliphatic rings. The molecule has 0 unspecified atom stereocenters. The van der Waals surface area contributed by atoms with Crippen LogP contribution in [0.15, 0.2) is 0 Å². The summed E-state index contributed by atoms with van der Waals surface area (Å²) in [4.78, 5) is 25.4. The Labute approximate surface area is 90.0 Å². The van der Waals surface area contributed by atoms with Gasteiger partial charge in [0.1, 0.15) is 0 Å². The molecule has 0 aromatic carbocycles. The predicted octanol–water partition coefficient (Wildman–Crippen LogP) is -0.883. The Hall–Kier alpha value is -3.12. The zero-order valence-corrected chi connectivity index (χ0v) is 7.71. The van der Waals surface area contributed by atoms with Crippen molar-refractivity contribution in [3.63, 3.8) is 0 Å². The SMILES string of the molecule is O=[N+]([O-])c1nc(-c2nc([N+](=O)[O-])n(O)n2)n[nH]1. The van der Waals surface area contributed by atoms with E-state index in [1.54, 1.807) is 0 Å². The number of hydrogen-bond donors (Lipinski definition) is 2. The van der Waals surface area contributed by atoms with Gasteiger partial charge in [0.05, 0.1) is 4.85 Å². The van der Waals surface area contributed by atoms with Crippen molar-refractivity contribution >= 4 is 11.9 Å². The average Bonchev–Trinajstić information content (AvgIpc) is 2.82. The Bertz CT molecular complexity index is 599. The molecule has 13 nitrogen and oxygen atoms in total. The van der Waals surface area contributed by atoms with E-state index in [9.17, 15) is 20.2 Å². The van der Waals surface area contributed by atoms with Crippen LogP contribution < -0.4 is 0 Å². The summed E-state index contributed by atoms with van der Waals surface area (Å²) < 4.78 is 0. The molecule has 2 aromatic heterocycles. The minimum atomic E-state index is -0.989. The first kappa shape index (κ1) is 10.4. The predicted molar refractivity (Wildman–Crippen MR) is 45.9 cm³/mol. The topological polar surface area (TPSA) is 179 Å². The van der Waals surface area contributed by atoms with Crippen LogP contribution in [-0.2, 0) is 0 Å². The Morgan fingerprint density at radius 1 is 1.18 bits per heavy atom. The van der Waals surface area contributed by atoms with Gasteiger partial charge in [-0.2, -0.15) is 0 Å². The van der Waals surface area contributed by atoms with Crippen LogP contribution in [0.3, 0.4) is 0 Å². The third kappa shape index (κ3) is 1.71. The van der Waals surface area contributed by atoms with Gasteiger partial charge >= 0.3 is 23.5 Å². The summed E-state index contributed by atoms with van der Waals surface area (Å²) in [5, 5.41) is 38.2. The van der Waals surface area contributed by atoms with E-state index in [1.165, 1.54) is 0 Å². The van der Waals surface area contributed by atoms with Gasteiger partial charge in [-0.15, -0.1) is 5.10 Å². The quantitative estimate of drug-likeness (QED) is 0.392. The Morgan fingerprint density at radius 2 is 1.88 bits per heavy atom. The molecule has 0 fully saturated rings. The zero-order chi connectivity index (χ0) is 12.6. The summed E-state index contributed by atoms with van der Waals surface area (Å²) in [5.41, 5.74) is 0. The zero-order valence-electron chi connectivity index (χ0n) is 7.71. The van der Waals surface area contributed by atoms with Crippen molar-refractivity contribution in [1.29, 1.82) is 0 Å². The monoisotopic (exact) mass is 242 g/mol. The van der Waals surface area contributed by atoms with E-state index < -0.39 is 27.6 Å². The molecule has 0 saturated carbocycles. The molecule has 0 bridgehead atoms. The lowest BCUT2D eigenvalue weighted by Crippen LogP contribution is -2.00. The number of aromatic amines is 1. The maximum absolute atomic E-state index is 10.3. The minimum absolute atomic E-state index is 0.0858. The first-order valence-corrected chi connectivity index (χ1v) is 3.87. The van der Waals surface area contributed by atoms with Crippen LogP contribution in [0.1, 0.15) is 0 Å². The van der Waals surface area contributed by atoms with Gasteiger partial charge in [-0.3, -0.25) is 0 Å². The van der Waals surface area contributed by atoms with Gasteiger partial charge in [0.2, 0.25) is 0 Å². The third-order valence-corrected chi connectivity index (χ3v) is 1.58. The lowest BCUT2D eigenvalue weighted by molar-refractivity contribution is -0.402. The van der Waals surface area contributed by atoms with Crippen molar-refractivity contribution in [2.24, 2.45) is 0 Å². The number of nitro groups is 2. The molecule has 0 aliphatic heterocycles. The molecule has 0 aliphatic carbocycles. The Kier molecular flexibility index (Phi) is 2.12. The van der Waals surface area contributed by atoms with Crippen LogP contribution in [-0.4, -0.2) is 45.2 Å². The van der Waals surface area contributed by atoms with Crippen LogP contribution in [0.5, 0.6) is 0 Å². The number of H-pyrrole nitrogens is 1. The van der Waals surface area contributed by atoms with E-state index in [2.05, 4.69) is 20.2 Å². The van der Waals surface area contributed by atoms with E-state index in [0.29, 0.717) is 0 Å². The number of hydrogen-bond acceptors (Lipinski definition) is 9. The largest absolute Gasteiger partial charge is 0.494 e. The highest BCUT2D eigenvalue weighted by Crippen LogP contribution is 2.15. The van der Waals surface area contributed by atoms with E-state index in [4.69, 9.17) is 5.21 Å². The maximum Gasteiger partial charge on any atom is 0.494 e. The first-order valence-electron chi connectivity index (χ1n) is 3.87.